The van der Waals surface area contributed by atoms with Crippen molar-refractivity contribution in [2.45, 2.75) is 83.0 Å². The largest absolute Gasteiger partial charge is 0.390 e. The number of halogens is 1. The van der Waals surface area contributed by atoms with Gasteiger partial charge in [0, 0.05) is 25.0 Å². The molecule has 0 spiro atoms. The van der Waals surface area contributed by atoms with Gasteiger partial charge in [-0.2, -0.15) is 0 Å². The molecule has 2 N–H and O–H groups in total. The monoisotopic (exact) mass is 457 g/mol. The summed E-state index contributed by atoms with van der Waals surface area (Å²) in [5.74, 6) is 2.69. The first kappa shape index (κ1) is 22.8. The molecular weight excluding hydrogens is 426 g/mol. The molecule has 4 aliphatic rings. The number of hydrogen-bond donors (Lipinski definition) is 2. The van der Waals surface area contributed by atoms with Gasteiger partial charge in [-0.25, -0.2) is 14.8 Å². The highest BCUT2D eigenvalue weighted by Gasteiger charge is 2.33. The van der Waals surface area contributed by atoms with Crippen LogP contribution in [0.3, 0.4) is 0 Å². The molecular formula is C24H32ClN5O2. The van der Waals surface area contributed by atoms with Crippen LogP contribution in [0.4, 0.5) is 5.82 Å². The Morgan fingerprint density at radius 3 is 2.56 bits per heavy atom. The first-order valence-corrected chi connectivity index (χ1v) is 11.4. The number of rotatable bonds is 6. The maximum atomic E-state index is 13.5. The van der Waals surface area contributed by atoms with Crippen molar-refractivity contribution in [2.75, 3.05) is 5.32 Å². The van der Waals surface area contributed by atoms with Crippen LogP contribution in [0.15, 0.2) is 35.1 Å². The summed E-state index contributed by atoms with van der Waals surface area (Å²) in [5, 5.41) is 13.8. The Bertz CT molecular complexity index is 1100. The number of anilines is 1. The number of benzene rings is 1. The van der Waals surface area contributed by atoms with Crippen molar-refractivity contribution in [1.82, 2.24) is 19.1 Å². The van der Waals surface area contributed by atoms with Crippen LogP contribution in [0.25, 0.3) is 11.5 Å². The summed E-state index contributed by atoms with van der Waals surface area (Å²) in [6.07, 6.45) is 5.98. The smallest absolute Gasteiger partial charge is 0.331 e. The predicted octanol–water partition coefficient (Wildman–Crippen LogP) is 3.82. The molecule has 1 saturated carbocycles. The fourth-order valence-corrected chi connectivity index (χ4v) is 4.90. The van der Waals surface area contributed by atoms with Gasteiger partial charge in [0.15, 0.2) is 5.82 Å². The van der Waals surface area contributed by atoms with Crippen LogP contribution >= 0.6 is 12.4 Å². The lowest BCUT2D eigenvalue weighted by Crippen LogP contribution is -2.34. The molecule has 3 heterocycles. The zero-order chi connectivity index (χ0) is 21.6. The molecule has 1 atom stereocenters. The minimum atomic E-state index is -0.849. The SMILES string of the molecule is CC(C)(O)CCn1c2nc(C3CCCC3)nc-2c2n(c1=O)C[C@@H](Cc1ccccc1)N2.Cl. The zero-order valence-electron chi connectivity index (χ0n) is 18.8. The second-order valence-corrected chi connectivity index (χ2v) is 9.72. The van der Waals surface area contributed by atoms with Gasteiger partial charge in [-0.3, -0.25) is 9.13 Å². The van der Waals surface area contributed by atoms with Crippen LogP contribution in [0.5, 0.6) is 0 Å². The van der Waals surface area contributed by atoms with Crippen LogP contribution in [0, 0.1) is 0 Å². The number of hydrogen-bond acceptors (Lipinski definition) is 5. The molecule has 0 amide bonds. The predicted molar refractivity (Wildman–Crippen MR) is 128 cm³/mol. The lowest BCUT2D eigenvalue weighted by atomic mass is 10.1. The van der Waals surface area contributed by atoms with Gasteiger partial charge in [-0.05, 0) is 45.1 Å². The average molecular weight is 458 g/mol. The molecule has 0 bridgehead atoms. The van der Waals surface area contributed by atoms with Gasteiger partial charge in [0.2, 0.25) is 0 Å². The van der Waals surface area contributed by atoms with Gasteiger partial charge in [0.25, 0.3) is 0 Å². The van der Waals surface area contributed by atoms with Crippen molar-refractivity contribution >= 4 is 18.2 Å². The van der Waals surface area contributed by atoms with E-state index in [0.717, 1.165) is 36.6 Å². The maximum absolute atomic E-state index is 13.5. The van der Waals surface area contributed by atoms with Gasteiger partial charge < -0.3 is 10.4 Å². The van der Waals surface area contributed by atoms with Crippen molar-refractivity contribution in [3.8, 4) is 11.5 Å². The minimum absolute atomic E-state index is 0. The molecule has 0 saturated heterocycles. The summed E-state index contributed by atoms with van der Waals surface area (Å²) < 4.78 is 3.53. The molecule has 1 fully saturated rings. The highest BCUT2D eigenvalue weighted by molar-refractivity contribution is 5.85. The molecule has 7 nitrogen and oxygen atoms in total. The maximum Gasteiger partial charge on any atom is 0.331 e. The van der Waals surface area contributed by atoms with E-state index >= 15 is 0 Å². The first-order valence-electron chi connectivity index (χ1n) is 11.4. The Morgan fingerprint density at radius 2 is 1.88 bits per heavy atom. The van der Waals surface area contributed by atoms with E-state index in [1.807, 2.05) is 22.8 Å². The second kappa shape index (κ2) is 8.87. The van der Waals surface area contributed by atoms with Crippen LogP contribution in [0.1, 0.15) is 63.3 Å². The molecule has 1 aromatic rings. The molecule has 32 heavy (non-hydrogen) atoms. The molecule has 0 aromatic heterocycles. The fourth-order valence-electron chi connectivity index (χ4n) is 4.90. The molecule has 5 rings (SSSR count). The Kier molecular flexibility index (Phi) is 6.32. The van der Waals surface area contributed by atoms with E-state index in [1.165, 1.54) is 18.4 Å². The highest BCUT2D eigenvalue weighted by Crippen LogP contribution is 2.37. The molecule has 172 valence electrons. The number of imidazole rings is 1. The van der Waals surface area contributed by atoms with Gasteiger partial charge in [-0.1, -0.05) is 43.2 Å². The minimum Gasteiger partial charge on any atom is -0.390 e. The van der Waals surface area contributed by atoms with Crippen LogP contribution in [-0.2, 0) is 19.5 Å². The lowest BCUT2D eigenvalue weighted by molar-refractivity contribution is 0.0658. The number of aromatic nitrogens is 4. The Balaban J connectivity index is 0.00000245. The van der Waals surface area contributed by atoms with E-state index in [-0.39, 0.29) is 24.1 Å². The zero-order valence-corrected chi connectivity index (χ0v) is 19.6. The summed E-state index contributed by atoms with van der Waals surface area (Å²) in [5.41, 5.74) is 1.10. The van der Waals surface area contributed by atoms with E-state index in [9.17, 15) is 9.90 Å². The van der Waals surface area contributed by atoms with Crippen LogP contribution in [-0.4, -0.2) is 35.9 Å². The topological polar surface area (TPSA) is 85.0 Å². The van der Waals surface area contributed by atoms with Crippen LogP contribution in [0.2, 0.25) is 0 Å². The average Bonchev–Trinajstić information content (AvgIpc) is 3.47. The van der Waals surface area contributed by atoms with E-state index in [1.54, 1.807) is 18.4 Å². The van der Waals surface area contributed by atoms with Crippen molar-refractivity contribution in [3.05, 3.63) is 52.2 Å². The quantitative estimate of drug-likeness (QED) is 0.587. The van der Waals surface area contributed by atoms with E-state index in [0.29, 0.717) is 31.3 Å². The number of aliphatic hydroxyl groups is 1. The second-order valence-electron chi connectivity index (χ2n) is 9.72. The van der Waals surface area contributed by atoms with Crippen molar-refractivity contribution in [3.63, 3.8) is 0 Å². The van der Waals surface area contributed by atoms with E-state index in [2.05, 4.69) is 17.4 Å². The van der Waals surface area contributed by atoms with Crippen molar-refractivity contribution in [2.24, 2.45) is 0 Å². The summed E-state index contributed by atoms with van der Waals surface area (Å²) in [6, 6.07) is 10.5. The number of fused-ring (bicyclic) bond motifs is 3. The summed E-state index contributed by atoms with van der Waals surface area (Å²) in [7, 11) is 0. The molecule has 0 radical (unpaired) electrons. The molecule has 1 aliphatic carbocycles. The first-order chi connectivity index (χ1) is 14.9. The van der Waals surface area contributed by atoms with E-state index in [4.69, 9.17) is 9.97 Å². The normalized spacial score (nSPS) is 18.5. The van der Waals surface area contributed by atoms with Gasteiger partial charge >= 0.3 is 5.69 Å². The number of nitrogens with zero attached hydrogens (tertiary/aromatic N) is 4. The highest BCUT2D eigenvalue weighted by atomic mass is 35.5. The Labute approximate surface area is 194 Å². The number of nitrogens with one attached hydrogen (secondary N) is 1. The molecule has 1 aromatic carbocycles. The van der Waals surface area contributed by atoms with Crippen molar-refractivity contribution in [1.29, 1.82) is 0 Å². The third-order valence-corrected chi connectivity index (χ3v) is 6.61. The fraction of sp³-hybridized carbons (Fsp3) is 0.542. The third kappa shape index (κ3) is 4.41. The summed E-state index contributed by atoms with van der Waals surface area (Å²) >= 11 is 0. The third-order valence-electron chi connectivity index (χ3n) is 6.61. The van der Waals surface area contributed by atoms with Crippen molar-refractivity contribution < 1.29 is 5.11 Å². The van der Waals surface area contributed by atoms with Gasteiger partial charge in [-0.15, -0.1) is 12.4 Å². The Morgan fingerprint density at radius 1 is 1.16 bits per heavy atom. The summed E-state index contributed by atoms with van der Waals surface area (Å²) in [6.45, 7) is 4.57. The van der Waals surface area contributed by atoms with E-state index < -0.39 is 5.60 Å². The van der Waals surface area contributed by atoms with Gasteiger partial charge in [0.05, 0.1) is 5.60 Å². The van der Waals surface area contributed by atoms with Gasteiger partial charge in [0.1, 0.15) is 17.3 Å². The molecule has 3 aliphatic heterocycles. The summed E-state index contributed by atoms with van der Waals surface area (Å²) in [4.78, 5) is 23.3. The van der Waals surface area contributed by atoms with Crippen LogP contribution < -0.4 is 11.0 Å². The standard InChI is InChI=1S/C24H31N5O2.ClH/c1-24(2,31)12-13-28-22-19(26-20(27-22)17-10-6-7-11-17)21-25-18(15-29(21)23(28)30)14-16-8-4-3-5-9-16;/h3-5,8-9,17-18,25,31H,6-7,10-15H2,1-2H3;1H/t18-;/m1./s1. The Hall–Kier alpha value is -2.38. The molecule has 0 unspecified atom stereocenters. The molecule has 8 heteroatoms. The lowest BCUT2D eigenvalue weighted by Gasteiger charge is -2.19.